The van der Waals surface area contributed by atoms with Crippen LogP contribution in [0, 0.1) is 0 Å². The molecule has 1 aromatic rings. The minimum Gasteiger partial charge on any atom is -0.360 e. The molecule has 1 rings (SSSR count). The van der Waals surface area contributed by atoms with E-state index in [4.69, 9.17) is 11.6 Å². The van der Waals surface area contributed by atoms with E-state index in [9.17, 15) is 4.79 Å². The van der Waals surface area contributed by atoms with Crippen molar-refractivity contribution >= 4 is 23.3 Å². The SMILES string of the molecule is CN(C)C(=O)CNc1ncncc1Cl. The molecule has 76 valence electrons. The van der Waals surface area contributed by atoms with Crippen molar-refractivity contribution in [3.05, 3.63) is 17.5 Å². The topological polar surface area (TPSA) is 58.1 Å². The summed E-state index contributed by atoms with van der Waals surface area (Å²) in [4.78, 5) is 20.3. The number of hydrogen-bond donors (Lipinski definition) is 1. The van der Waals surface area contributed by atoms with Crippen LogP contribution < -0.4 is 5.32 Å². The number of nitrogens with zero attached hydrogens (tertiary/aromatic N) is 3. The van der Waals surface area contributed by atoms with E-state index in [0.29, 0.717) is 10.8 Å². The van der Waals surface area contributed by atoms with Gasteiger partial charge in [-0.3, -0.25) is 4.79 Å². The third-order valence-corrected chi connectivity index (χ3v) is 1.85. The van der Waals surface area contributed by atoms with Crippen molar-refractivity contribution in [2.45, 2.75) is 0 Å². The highest BCUT2D eigenvalue weighted by Crippen LogP contribution is 2.15. The van der Waals surface area contributed by atoms with Crippen molar-refractivity contribution in [2.24, 2.45) is 0 Å². The molecule has 0 atom stereocenters. The van der Waals surface area contributed by atoms with Crippen LogP contribution in [0.4, 0.5) is 5.82 Å². The summed E-state index contributed by atoms with van der Waals surface area (Å²) >= 11 is 5.77. The van der Waals surface area contributed by atoms with Gasteiger partial charge >= 0.3 is 0 Å². The van der Waals surface area contributed by atoms with Gasteiger partial charge in [-0.15, -0.1) is 0 Å². The molecule has 1 aromatic heterocycles. The summed E-state index contributed by atoms with van der Waals surface area (Å²) in [5.74, 6) is 0.427. The monoisotopic (exact) mass is 214 g/mol. The molecule has 6 heteroatoms. The van der Waals surface area contributed by atoms with E-state index in [1.54, 1.807) is 14.1 Å². The predicted molar refractivity (Wildman–Crippen MR) is 54.2 cm³/mol. The fourth-order valence-corrected chi connectivity index (χ4v) is 0.932. The third-order valence-electron chi connectivity index (χ3n) is 1.57. The second-order valence-electron chi connectivity index (χ2n) is 2.86. The lowest BCUT2D eigenvalue weighted by Gasteiger charge is -2.11. The van der Waals surface area contributed by atoms with Crippen molar-refractivity contribution in [3.63, 3.8) is 0 Å². The minimum absolute atomic E-state index is 0.0420. The molecule has 14 heavy (non-hydrogen) atoms. The zero-order chi connectivity index (χ0) is 10.6. The maximum absolute atomic E-state index is 11.2. The van der Waals surface area contributed by atoms with E-state index in [-0.39, 0.29) is 12.5 Å². The molecule has 1 amide bonds. The Kier molecular flexibility index (Phi) is 3.64. The van der Waals surface area contributed by atoms with Gasteiger partial charge in [-0.05, 0) is 0 Å². The van der Waals surface area contributed by atoms with E-state index < -0.39 is 0 Å². The van der Waals surface area contributed by atoms with Crippen molar-refractivity contribution in [1.82, 2.24) is 14.9 Å². The summed E-state index contributed by atoms with van der Waals surface area (Å²) < 4.78 is 0. The molecule has 0 fully saturated rings. The molecule has 0 aliphatic carbocycles. The van der Waals surface area contributed by atoms with Gasteiger partial charge in [0.2, 0.25) is 5.91 Å². The summed E-state index contributed by atoms with van der Waals surface area (Å²) in [6.07, 6.45) is 2.84. The molecule has 1 N–H and O–H groups in total. The van der Waals surface area contributed by atoms with Gasteiger partial charge < -0.3 is 10.2 Å². The fourth-order valence-electron chi connectivity index (χ4n) is 0.760. The highest BCUT2D eigenvalue weighted by Gasteiger charge is 2.05. The van der Waals surface area contributed by atoms with Gasteiger partial charge in [-0.1, -0.05) is 11.6 Å². The number of likely N-dealkylation sites (N-methyl/N-ethyl adjacent to an activating group) is 1. The van der Waals surface area contributed by atoms with Crippen LogP contribution in [0.1, 0.15) is 0 Å². The van der Waals surface area contributed by atoms with Gasteiger partial charge in [-0.2, -0.15) is 0 Å². The number of hydrogen-bond acceptors (Lipinski definition) is 4. The second kappa shape index (κ2) is 4.76. The van der Waals surface area contributed by atoms with Gasteiger partial charge in [0.15, 0.2) is 0 Å². The number of aromatic nitrogens is 2. The first-order valence-electron chi connectivity index (χ1n) is 4.01. The first kappa shape index (κ1) is 10.7. The predicted octanol–water partition coefficient (Wildman–Crippen LogP) is 0.630. The number of nitrogens with one attached hydrogen (secondary N) is 1. The average molecular weight is 215 g/mol. The molecule has 5 nitrogen and oxygen atoms in total. The Labute approximate surface area is 87.1 Å². The van der Waals surface area contributed by atoms with Crippen LogP contribution in [0.25, 0.3) is 0 Å². The standard InChI is InChI=1S/C8H11ClN4O/c1-13(2)7(14)4-11-8-6(9)3-10-5-12-8/h3,5H,4H2,1-2H3,(H,10,11,12). The number of rotatable bonds is 3. The Hall–Kier alpha value is -1.36. The highest BCUT2D eigenvalue weighted by atomic mass is 35.5. The molecule has 0 aromatic carbocycles. The van der Waals surface area contributed by atoms with Crippen molar-refractivity contribution in [3.8, 4) is 0 Å². The summed E-state index contributed by atoms with van der Waals surface area (Å²) in [5.41, 5.74) is 0. The van der Waals surface area contributed by atoms with Crippen molar-refractivity contribution in [1.29, 1.82) is 0 Å². The molecular formula is C8H11ClN4O. The molecule has 0 saturated heterocycles. The van der Waals surface area contributed by atoms with Crippen molar-refractivity contribution in [2.75, 3.05) is 26.0 Å². The smallest absolute Gasteiger partial charge is 0.241 e. The largest absolute Gasteiger partial charge is 0.360 e. The van der Waals surface area contributed by atoms with E-state index in [0.717, 1.165) is 0 Å². The van der Waals surface area contributed by atoms with E-state index >= 15 is 0 Å². The lowest BCUT2D eigenvalue weighted by Crippen LogP contribution is -2.28. The second-order valence-corrected chi connectivity index (χ2v) is 3.27. The zero-order valence-corrected chi connectivity index (χ0v) is 8.75. The van der Waals surface area contributed by atoms with Crippen LogP contribution in [0.2, 0.25) is 5.02 Å². The van der Waals surface area contributed by atoms with Crippen molar-refractivity contribution < 1.29 is 4.79 Å². The normalized spacial score (nSPS) is 9.64. The lowest BCUT2D eigenvalue weighted by atomic mass is 10.5. The minimum atomic E-state index is -0.0420. The first-order chi connectivity index (χ1) is 6.61. The Balaban J connectivity index is 2.54. The number of amides is 1. The van der Waals surface area contributed by atoms with Gasteiger partial charge in [0.25, 0.3) is 0 Å². The van der Waals surface area contributed by atoms with Crippen LogP contribution in [0.3, 0.4) is 0 Å². The summed E-state index contributed by atoms with van der Waals surface area (Å²) in [6.45, 7) is 0.170. The maximum atomic E-state index is 11.2. The van der Waals surface area contributed by atoms with Crippen LogP contribution in [-0.4, -0.2) is 41.4 Å². The number of anilines is 1. The van der Waals surface area contributed by atoms with Crippen LogP contribution in [0.5, 0.6) is 0 Å². The van der Waals surface area contributed by atoms with Gasteiger partial charge in [0.05, 0.1) is 12.7 Å². The summed E-state index contributed by atoms with van der Waals surface area (Å²) in [5, 5.41) is 3.22. The molecular weight excluding hydrogens is 204 g/mol. The van der Waals surface area contributed by atoms with E-state index in [1.807, 2.05) is 0 Å². The van der Waals surface area contributed by atoms with Crippen LogP contribution >= 0.6 is 11.6 Å². The van der Waals surface area contributed by atoms with Gasteiger partial charge in [-0.25, -0.2) is 9.97 Å². The molecule has 0 aliphatic rings. The lowest BCUT2D eigenvalue weighted by molar-refractivity contribution is -0.126. The van der Waals surface area contributed by atoms with E-state index in [1.165, 1.54) is 17.4 Å². The molecule has 0 radical (unpaired) electrons. The number of halogens is 1. The third kappa shape index (κ3) is 2.85. The Morgan fingerprint density at radius 3 is 2.93 bits per heavy atom. The molecule has 0 bridgehead atoms. The first-order valence-corrected chi connectivity index (χ1v) is 4.38. The number of carbonyl (C=O) groups excluding carboxylic acids is 1. The molecule has 0 aliphatic heterocycles. The average Bonchev–Trinajstić information content (AvgIpc) is 2.16. The molecule has 0 saturated carbocycles. The Morgan fingerprint density at radius 1 is 1.64 bits per heavy atom. The van der Waals surface area contributed by atoms with Crippen LogP contribution in [-0.2, 0) is 4.79 Å². The zero-order valence-electron chi connectivity index (χ0n) is 7.99. The van der Waals surface area contributed by atoms with Crippen LogP contribution in [0.15, 0.2) is 12.5 Å². The molecule has 0 spiro atoms. The Bertz CT molecular complexity index is 329. The van der Waals surface area contributed by atoms with E-state index in [2.05, 4.69) is 15.3 Å². The molecule has 1 heterocycles. The van der Waals surface area contributed by atoms with Gasteiger partial charge in [0.1, 0.15) is 17.2 Å². The Morgan fingerprint density at radius 2 is 2.36 bits per heavy atom. The fraction of sp³-hybridized carbons (Fsp3) is 0.375. The quantitative estimate of drug-likeness (QED) is 0.802. The maximum Gasteiger partial charge on any atom is 0.241 e. The van der Waals surface area contributed by atoms with Gasteiger partial charge in [0, 0.05) is 14.1 Å². The molecule has 0 unspecified atom stereocenters. The number of carbonyl (C=O) groups is 1. The summed E-state index contributed by atoms with van der Waals surface area (Å²) in [6, 6.07) is 0. The highest BCUT2D eigenvalue weighted by molar-refractivity contribution is 6.32. The summed E-state index contributed by atoms with van der Waals surface area (Å²) in [7, 11) is 3.37.